The van der Waals surface area contributed by atoms with Crippen LogP contribution in [0.4, 0.5) is 0 Å². The Morgan fingerprint density at radius 2 is 1.86 bits per heavy atom. The highest BCUT2D eigenvalue weighted by atomic mass is 32.2. The van der Waals surface area contributed by atoms with E-state index in [4.69, 9.17) is 4.52 Å². The number of unbranched alkanes of at least 4 members (excludes halogenated alkanes) is 1. The lowest BCUT2D eigenvalue weighted by Gasteiger charge is -2.06. The summed E-state index contributed by atoms with van der Waals surface area (Å²) in [6.45, 7) is 3.64. The molecule has 114 valence electrons. The highest BCUT2D eigenvalue weighted by Gasteiger charge is 2.23. The Labute approximate surface area is 125 Å². The zero-order chi connectivity index (χ0) is 15.3. The number of benzene rings is 1. The summed E-state index contributed by atoms with van der Waals surface area (Å²) in [7, 11) is -3.53. The highest BCUT2D eigenvalue weighted by Crippen LogP contribution is 2.18. The summed E-state index contributed by atoms with van der Waals surface area (Å²) in [4.78, 5) is 0.158. The molecular formula is C15H20N2O3S. The Balaban J connectivity index is 1.81. The minimum atomic E-state index is -3.53. The molecule has 21 heavy (non-hydrogen) atoms. The summed E-state index contributed by atoms with van der Waals surface area (Å²) in [5.41, 5.74) is 1.66. The maximum Gasteiger partial charge on any atom is 0.245 e. The summed E-state index contributed by atoms with van der Waals surface area (Å²) < 4.78 is 31.8. The first-order valence-corrected chi connectivity index (χ1v) is 8.45. The first-order valence-electron chi connectivity index (χ1n) is 6.97. The molecule has 0 amide bonds. The molecule has 2 aromatic rings. The lowest BCUT2D eigenvalue weighted by molar-refractivity contribution is 0.390. The highest BCUT2D eigenvalue weighted by molar-refractivity contribution is 7.89. The molecule has 1 heterocycles. The SMILES string of the molecule is Cc1noc(C)c1S(=O)(=O)NCCCCc1ccccc1. The van der Waals surface area contributed by atoms with Crippen molar-refractivity contribution < 1.29 is 12.9 Å². The lowest BCUT2D eigenvalue weighted by atomic mass is 10.1. The molecule has 0 unspecified atom stereocenters. The van der Waals surface area contributed by atoms with Crippen LogP contribution in [-0.2, 0) is 16.4 Å². The predicted molar refractivity (Wildman–Crippen MR) is 80.5 cm³/mol. The third-order valence-corrected chi connectivity index (χ3v) is 4.97. The first kappa shape index (κ1) is 15.7. The lowest BCUT2D eigenvalue weighted by Crippen LogP contribution is -2.25. The zero-order valence-electron chi connectivity index (χ0n) is 12.3. The third-order valence-electron chi connectivity index (χ3n) is 3.26. The van der Waals surface area contributed by atoms with E-state index in [1.54, 1.807) is 13.8 Å². The Morgan fingerprint density at radius 3 is 2.48 bits per heavy atom. The van der Waals surface area contributed by atoms with Crippen molar-refractivity contribution in [2.75, 3.05) is 6.54 Å². The molecule has 0 radical (unpaired) electrons. The van der Waals surface area contributed by atoms with Crippen LogP contribution in [0.1, 0.15) is 29.9 Å². The van der Waals surface area contributed by atoms with Gasteiger partial charge in [-0.3, -0.25) is 0 Å². The van der Waals surface area contributed by atoms with E-state index in [2.05, 4.69) is 22.0 Å². The molecule has 0 atom stereocenters. The number of hydrogen-bond donors (Lipinski definition) is 1. The molecule has 2 rings (SSSR count). The number of nitrogens with one attached hydrogen (secondary N) is 1. The largest absolute Gasteiger partial charge is 0.360 e. The fourth-order valence-corrected chi connectivity index (χ4v) is 3.64. The second-order valence-corrected chi connectivity index (χ2v) is 6.70. The van der Waals surface area contributed by atoms with E-state index < -0.39 is 10.0 Å². The van der Waals surface area contributed by atoms with Crippen molar-refractivity contribution in [3.05, 3.63) is 47.3 Å². The number of aromatic nitrogens is 1. The van der Waals surface area contributed by atoms with E-state index in [0.29, 0.717) is 18.0 Å². The van der Waals surface area contributed by atoms with E-state index in [1.807, 2.05) is 18.2 Å². The van der Waals surface area contributed by atoms with Crippen molar-refractivity contribution >= 4 is 10.0 Å². The Hall–Kier alpha value is -1.66. The summed E-state index contributed by atoms with van der Waals surface area (Å²) >= 11 is 0. The van der Waals surface area contributed by atoms with Crippen molar-refractivity contribution in [2.45, 2.75) is 38.0 Å². The van der Waals surface area contributed by atoms with Gasteiger partial charge in [-0.1, -0.05) is 35.5 Å². The molecule has 0 aliphatic carbocycles. The van der Waals surface area contributed by atoms with Crippen LogP contribution in [0, 0.1) is 13.8 Å². The summed E-state index contributed by atoms with van der Waals surface area (Å²) in [5.74, 6) is 0.323. The molecule has 0 aliphatic rings. The van der Waals surface area contributed by atoms with Crippen molar-refractivity contribution in [3.8, 4) is 0 Å². The Morgan fingerprint density at radius 1 is 1.14 bits per heavy atom. The van der Waals surface area contributed by atoms with E-state index in [9.17, 15) is 8.42 Å². The molecule has 5 nitrogen and oxygen atoms in total. The van der Waals surface area contributed by atoms with Crippen molar-refractivity contribution in [1.29, 1.82) is 0 Å². The second-order valence-electron chi connectivity index (χ2n) is 4.99. The van der Waals surface area contributed by atoms with Crippen LogP contribution in [0.5, 0.6) is 0 Å². The maximum absolute atomic E-state index is 12.2. The average Bonchev–Trinajstić information content (AvgIpc) is 2.79. The Kier molecular flexibility index (Phi) is 5.14. The minimum absolute atomic E-state index is 0.158. The number of nitrogens with zero attached hydrogens (tertiary/aromatic N) is 1. The monoisotopic (exact) mass is 308 g/mol. The van der Waals surface area contributed by atoms with Crippen molar-refractivity contribution in [3.63, 3.8) is 0 Å². The molecule has 0 fully saturated rings. The van der Waals surface area contributed by atoms with Crippen molar-refractivity contribution in [1.82, 2.24) is 9.88 Å². The number of rotatable bonds is 7. The molecule has 0 spiro atoms. The van der Waals surface area contributed by atoms with E-state index >= 15 is 0 Å². The van der Waals surface area contributed by atoms with Gasteiger partial charge in [-0.2, -0.15) is 0 Å². The molecule has 1 N–H and O–H groups in total. The van der Waals surface area contributed by atoms with Crippen molar-refractivity contribution in [2.24, 2.45) is 0 Å². The van der Waals surface area contributed by atoms with Crippen LogP contribution in [0.2, 0.25) is 0 Å². The molecule has 0 aliphatic heterocycles. The molecular weight excluding hydrogens is 288 g/mol. The van der Waals surface area contributed by atoms with Gasteiger partial charge in [0.1, 0.15) is 10.6 Å². The molecule has 6 heteroatoms. The van der Waals surface area contributed by atoms with E-state index in [-0.39, 0.29) is 4.90 Å². The van der Waals surface area contributed by atoms with Gasteiger partial charge < -0.3 is 4.52 Å². The molecule has 1 aromatic heterocycles. The number of sulfonamides is 1. The summed E-state index contributed by atoms with van der Waals surface area (Å²) in [6.07, 6.45) is 2.68. The summed E-state index contributed by atoms with van der Waals surface area (Å²) in [6, 6.07) is 10.2. The van der Waals surface area contributed by atoms with Crippen LogP contribution in [0.25, 0.3) is 0 Å². The number of aryl methyl sites for hydroxylation is 3. The molecule has 1 aromatic carbocycles. The predicted octanol–water partition coefficient (Wildman–Crippen LogP) is 2.59. The third kappa shape index (κ3) is 4.15. The van der Waals surface area contributed by atoms with E-state index in [0.717, 1.165) is 19.3 Å². The van der Waals surface area contributed by atoms with Gasteiger partial charge in [-0.25, -0.2) is 13.1 Å². The van der Waals surface area contributed by atoms with E-state index in [1.165, 1.54) is 5.56 Å². The van der Waals surface area contributed by atoms with Gasteiger partial charge >= 0.3 is 0 Å². The number of hydrogen-bond acceptors (Lipinski definition) is 4. The van der Waals surface area contributed by atoms with Crippen LogP contribution in [-0.4, -0.2) is 20.1 Å². The van der Waals surface area contributed by atoms with Gasteiger partial charge in [-0.05, 0) is 38.7 Å². The molecule has 0 saturated heterocycles. The quantitative estimate of drug-likeness (QED) is 0.798. The smallest absolute Gasteiger partial charge is 0.245 e. The van der Waals surface area contributed by atoms with Crippen LogP contribution >= 0.6 is 0 Å². The van der Waals surface area contributed by atoms with Gasteiger partial charge in [0.25, 0.3) is 0 Å². The van der Waals surface area contributed by atoms with Gasteiger partial charge in [0.05, 0.1) is 0 Å². The maximum atomic E-state index is 12.2. The van der Waals surface area contributed by atoms with Gasteiger partial charge in [0.2, 0.25) is 10.0 Å². The van der Waals surface area contributed by atoms with Crippen LogP contribution in [0.15, 0.2) is 39.8 Å². The minimum Gasteiger partial charge on any atom is -0.360 e. The second kappa shape index (κ2) is 6.87. The summed E-state index contributed by atoms with van der Waals surface area (Å²) in [5, 5.41) is 3.67. The average molecular weight is 308 g/mol. The van der Waals surface area contributed by atoms with Gasteiger partial charge in [-0.15, -0.1) is 0 Å². The zero-order valence-corrected chi connectivity index (χ0v) is 13.1. The molecule has 0 saturated carbocycles. The first-order chi connectivity index (χ1) is 10.0. The topological polar surface area (TPSA) is 72.2 Å². The van der Waals surface area contributed by atoms with Gasteiger partial charge in [0.15, 0.2) is 5.76 Å². The normalized spacial score (nSPS) is 11.7. The van der Waals surface area contributed by atoms with Crippen LogP contribution in [0.3, 0.4) is 0 Å². The van der Waals surface area contributed by atoms with Gasteiger partial charge in [0, 0.05) is 6.54 Å². The van der Waals surface area contributed by atoms with Crippen LogP contribution < -0.4 is 4.72 Å². The fraction of sp³-hybridized carbons (Fsp3) is 0.400. The molecule has 0 bridgehead atoms. The fourth-order valence-electron chi connectivity index (χ4n) is 2.24. The Bertz CT molecular complexity index is 659. The standard InChI is InChI=1S/C15H20N2O3S/c1-12-15(13(2)20-17-12)21(18,19)16-11-7-6-10-14-8-4-3-5-9-14/h3-5,8-9,16H,6-7,10-11H2,1-2H3.